The molecule has 0 atom stereocenters. The monoisotopic (exact) mass is 223 g/mol. The van der Waals surface area contributed by atoms with E-state index >= 15 is 0 Å². The van der Waals surface area contributed by atoms with Crippen LogP contribution in [0.3, 0.4) is 0 Å². The smallest absolute Gasteiger partial charge is 0.0955 e. The molecule has 0 saturated heterocycles. The lowest BCUT2D eigenvalue weighted by Gasteiger charge is -2.05. The molecule has 2 aromatic rings. The lowest BCUT2D eigenvalue weighted by molar-refractivity contribution is 0.829. The van der Waals surface area contributed by atoms with Gasteiger partial charge in [0.05, 0.1) is 17.4 Å². The average Bonchev–Trinajstić information content (AvgIpc) is 2.56. The van der Waals surface area contributed by atoms with E-state index in [1.807, 2.05) is 30.1 Å². The number of rotatable bonds is 3. The average molecular weight is 224 g/mol. The summed E-state index contributed by atoms with van der Waals surface area (Å²) in [6.07, 6.45) is 3.74. The Bertz CT molecular complexity index is 476. The van der Waals surface area contributed by atoms with Crippen molar-refractivity contribution in [1.29, 1.82) is 0 Å². The van der Waals surface area contributed by atoms with Crippen LogP contribution in [0.2, 0.25) is 5.02 Å². The summed E-state index contributed by atoms with van der Waals surface area (Å²) < 4.78 is 2.03. The molecule has 0 amide bonds. The number of benzene rings is 1. The van der Waals surface area contributed by atoms with Crippen molar-refractivity contribution in [2.24, 2.45) is 12.8 Å². The summed E-state index contributed by atoms with van der Waals surface area (Å²) in [6.45, 7) is 0.700. The summed E-state index contributed by atoms with van der Waals surface area (Å²) in [6, 6.07) is 3.89. The molecule has 2 rings (SSSR count). The van der Waals surface area contributed by atoms with Crippen LogP contribution in [-0.2, 0) is 13.5 Å². The van der Waals surface area contributed by atoms with Crippen LogP contribution < -0.4 is 5.73 Å². The molecule has 1 aromatic carbocycles. The fourth-order valence-electron chi connectivity index (χ4n) is 1.84. The standard InChI is InChI=1S/C11H14ClN3/c1-15-7-14-10-6-9(12)5-8(11(10)15)3-2-4-13/h5-7H,2-4,13H2,1H3. The second-order valence-electron chi connectivity index (χ2n) is 3.68. The zero-order chi connectivity index (χ0) is 10.8. The van der Waals surface area contributed by atoms with Gasteiger partial charge in [-0.3, -0.25) is 0 Å². The lowest BCUT2D eigenvalue weighted by atomic mass is 10.1. The molecule has 0 fully saturated rings. The number of halogens is 1. The second kappa shape index (κ2) is 4.21. The van der Waals surface area contributed by atoms with Gasteiger partial charge in [-0.2, -0.15) is 0 Å². The van der Waals surface area contributed by atoms with Crippen LogP contribution in [0.25, 0.3) is 11.0 Å². The summed E-state index contributed by atoms with van der Waals surface area (Å²) >= 11 is 6.03. The summed E-state index contributed by atoms with van der Waals surface area (Å²) in [4.78, 5) is 4.30. The molecule has 0 saturated carbocycles. The molecule has 0 aliphatic rings. The first-order valence-corrected chi connectivity index (χ1v) is 5.39. The van der Waals surface area contributed by atoms with Crippen molar-refractivity contribution in [2.75, 3.05) is 6.54 Å². The minimum absolute atomic E-state index is 0.700. The molecule has 2 N–H and O–H groups in total. The number of hydrogen-bond donors (Lipinski definition) is 1. The molecule has 1 aromatic heterocycles. The quantitative estimate of drug-likeness (QED) is 0.866. The Hall–Kier alpha value is -1.06. The third-order valence-corrected chi connectivity index (χ3v) is 2.72. The Kier molecular flexibility index (Phi) is 2.93. The van der Waals surface area contributed by atoms with Gasteiger partial charge < -0.3 is 10.3 Å². The van der Waals surface area contributed by atoms with E-state index in [0.29, 0.717) is 6.54 Å². The predicted molar refractivity (Wildman–Crippen MR) is 63.1 cm³/mol. The molecule has 0 aliphatic carbocycles. The summed E-state index contributed by atoms with van der Waals surface area (Å²) in [5.74, 6) is 0. The number of nitrogens with two attached hydrogens (primary N) is 1. The van der Waals surface area contributed by atoms with Crippen LogP contribution in [0.1, 0.15) is 12.0 Å². The van der Waals surface area contributed by atoms with Crippen molar-refractivity contribution >= 4 is 22.6 Å². The van der Waals surface area contributed by atoms with Gasteiger partial charge in [-0.15, -0.1) is 0 Å². The molecule has 4 heteroatoms. The van der Waals surface area contributed by atoms with Gasteiger partial charge in [0.2, 0.25) is 0 Å². The third kappa shape index (κ3) is 1.98. The predicted octanol–water partition coefficient (Wildman–Crippen LogP) is 2.12. The fourth-order valence-corrected chi connectivity index (χ4v) is 2.07. The van der Waals surface area contributed by atoms with Gasteiger partial charge in [0, 0.05) is 12.1 Å². The molecule has 0 bridgehead atoms. The minimum Gasteiger partial charge on any atom is -0.334 e. The van der Waals surface area contributed by atoms with E-state index in [2.05, 4.69) is 4.98 Å². The number of hydrogen-bond acceptors (Lipinski definition) is 2. The summed E-state index contributed by atoms with van der Waals surface area (Å²) in [7, 11) is 2.00. The van der Waals surface area contributed by atoms with Gasteiger partial charge in [-0.05, 0) is 37.1 Å². The Morgan fingerprint density at radius 3 is 3.00 bits per heavy atom. The maximum Gasteiger partial charge on any atom is 0.0955 e. The van der Waals surface area contributed by atoms with Crippen LogP contribution in [0.15, 0.2) is 18.5 Å². The minimum atomic E-state index is 0.700. The van der Waals surface area contributed by atoms with E-state index in [0.717, 1.165) is 28.9 Å². The van der Waals surface area contributed by atoms with Crippen molar-refractivity contribution in [3.63, 3.8) is 0 Å². The van der Waals surface area contributed by atoms with Crippen LogP contribution in [0.4, 0.5) is 0 Å². The molecular formula is C11H14ClN3. The van der Waals surface area contributed by atoms with Crippen LogP contribution in [0.5, 0.6) is 0 Å². The normalized spacial score (nSPS) is 11.1. The van der Waals surface area contributed by atoms with Gasteiger partial charge in [-0.25, -0.2) is 4.98 Å². The topological polar surface area (TPSA) is 43.8 Å². The number of aryl methyl sites for hydroxylation is 2. The molecule has 3 nitrogen and oxygen atoms in total. The fraction of sp³-hybridized carbons (Fsp3) is 0.364. The number of nitrogens with zero attached hydrogens (tertiary/aromatic N) is 2. The SMILES string of the molecule is Cn1cnc2cc(Cl)cc(CCCN)c21. The number of fused-ring (bicyclic) bond motifs is 1. The first-order chi connectivity index (χ1) is 7.22. The van der Waals surface area contributed by atoms with Crippen LogP contribution >= 0.6 is 11.6 Å². The van der Waals surface area contributed by atoms with E-state index < -0.39 is 0 Å². The van der Waals surface area contributed by atoms with Crippen molar-refractivity contribution in [3.8, 4) is 0 Å². The van der Waals surface area contributed by atoms with Gasteiger partial charge in [-0.1, -0.05) is 11.6 Å². The van der Waals surface area contributed by atoms with E-state index in [1.165, 1.54) is 5.56 Å². The van der Waals surface area contributed by atoms with Gasteiger partial charge in [0.1, 0.15) is 0 Å². The van der Waals surface area contributed by atoms with E-state index in [4.69, 9.17) is 17.3 Å². The second-order valence-corrected chi connectivity index (χ2v) is 4.12. The highest BCUT2D eigenvalue weighted by Crippen LogP contribution is 2.23. The molecule has 1 heterocycles. The van der Waals surface area contributed by atoms with Crippen molar-refractivity contribution in [3.05, 3.63) is 29.0 Å². The number of imidazole rings is 1. The van der Waals surface area contributed by atoms with E-state index in [9.17, 15) is 0 Å². The zero-order valence-corrected chi connectivity index (χ0v) is 9.46. The maximum atomic E-state index is 6.03. The molecule has 0 unspecified atom stereocenters. The Balaban J connectivity index is 2.53. The molecule has 15 heavy (non-hydrogen) atoms. The first kappa shape index (κ1) is 10.5. The van der Waals surface area contributed by atoms with Crippen LogP contribution in [0, 0.1) is 0 Å². The molecule has 0 aliphatic heterocycles. The highest BCUT2D eigenvalue weighted by molar-refractivity contribution is 6.31. The lowest BCUT2D eigenvalue weighted by Crippen LogP contribution is -2.01. The Morgan fingerprint density at radius 1 is 1.47 bits per heavy atom. The molecular weight excluding hydrogens is 210 g/mol. The maximum absolute atomic E-state index is 6.03. The largest absolute Gasteiger partial charge is 0.334 e. The summed E-state index contributed by atoms with van der Waals surface area (Å²) in [5, 5.41) is 0.744. The molecule has 80 valence electrons. The summed E-state index contributed by atoms with van der Waals surface area (Å²) in [5.41, 5.74) is 8.86. The first-order valence-electron chi connectivity index (χ1n) is 5.02. The zero-order valence-electron chi connectivity index (χ0n) is 8.70. The van der Waals surface area contributed by atoms with Crippen molar-refractivity contribution in [2.45, 2.75) is 12.8 Å². The third-order valence-electron chi connectivity index (χ3n) is 2.51. The molecule has 0 radical (unpaired) electrons. The highest BCUT2D eigenvalue weighted by Gasteiger charge is 2.07. The van der Waals surface area contributed by atoms with Gasteiger partial charge in [0.25, 0.3) is 0 Å². The van der Waals surface area contributed by atoms with Gasteiger partial charge in [0.15, 0.2) is 0 Å². The Labute approximate surface area is 93.9 Å². The van der Waals surface area contributed by atoms with Crippen molar-refractivity contribution < 1.29 is 0 Å². The Morgan fingerprint density at radius 2 is 2.27 bits per heavy atom. The number of aromatic nitrogens is 2. The van der Waals surface area contributed by atoms with E-state index in [-0.39, 0.29) is 0 Å². The van der Waals surface area contributed by atoms with E-state index in [1.54, 1.807) is 0 Å². The highest BCUT2D eigenvalue weighted by atomic mass is 35.5. The van der Waals surface area contributed by atoms with Gasteiger partial charge >= 0.3 is 0 Å². The van der Waals surface area contributed by atoms with Crippen molar-refractivity contribution in [1.82, 2.24) is 9.55 Å². The van der Waals surface area contributed by atoms with Crippen LogP contribution in [-0.4, -0.2) is 16.1 Å². The molecule has 0 spiro atoms.